The van der Waals surface area contributed by atoms with Gasteiger partial charge in [-0.2, -0.15) is 0 Å². The van der Waals surface area contributed by atoms with Crippen LogP contribution in [0.5, 0.6) is 0 Å². The molecular formula is C9H14N2OS. The van der Waals surface area contributed by atoms with Crippen molar-refractivity contribution in [3.05, 3.63) is 20.3 Å². The van der Waals surface area contributed by atoms with Gasteiger partial charge in [-0.05, 0) is 5.92 Å². The molecule has 0 amide bonds. The molecule has 4 heteroatoms. The molecule has 0 fully saturated rings. The van der Waals surface area contributed by atoms with Crippen molar-refractivity contribution in [1.29, 1.82) is 0 Å². The first kappa shape index (κ1) is 10.3. The Labute approximate surface area is 82.6 Å². The van der Waals surface area contributed by atoms with Crippen LogP contribution in [0.15, 0.2) is 4.79 Å². The van der Waals surface area contributed by atoms with E-state index < -0.39 is 0 Å². The maximum absolute atomic E-state index is 11.3. The molecule has 0 aromatic heterocycles. The Morgan fingerprint density at radius 1 is 1.54 bits per heavy atom. The summed E-state index contributed by atoms with van der Waals surface area (Å²) in [6.45, 7) is 5.18. The smallest absolute Gasteiger partial charge is 0.204 e. The van der Waals surface area contributed by atoms with E-state index in [1.54, 1.807) is 0 Å². The minimum absolute atomic E-state index is 0.0181. The van der Waals surface area contributed by atoms with Crippen molar-refractivity contribution >= 4 is 17.9 Å². The van der Waals surface area contributed by atoms with Crippen molar-refractivity contribution in [1.82, 2.24) is 0 Å². The third-order valence-electron chi connectivity index (χ3n) is 1.97. The van der Waals surface area contributed by atoms with Crippen LogP contribution in [0.25, 0.3) is 0 Å². The highest BCUT2D eigenvalue weighted by atomic mass is 32.1. The lowest BCUT2D eigenvalue weighted by molar-refractivity contribution is 0.843. The number of nitrogens with one attached hydrogen (secondary N) is 1. The third kappa shape index (κ3) is 1.78. The lowest BCUT2D eigenvalue weighted by Crippen LogP contribution is -2.24. The Morgan fingerprint density at radius 2 is 2.15 bits per heavy atom. The van der Waals surface area contributed by atoms with Gasteiger partial charge in [0.25, 0.3) is 0 Å². The molecule has 72 valence electrons. The average Bonchev–Trinajstić information content (AvgIpc) is 2.09. The molecule has 0 atom stereocenters. The monoisotopic (exact) mass is 198 g/mol. The van der Waals surface area contributed by atoms with Crippen LogP contribution < -0.4 is 16.5 Å². The van der Waals surface area contributed by atoms with Crippen molar-refractivity contribution in [2.24, 2.45) is 5.73 Å². The van der Waals surface area contributed by atoms with Crippen molar-refractivity contribution in [2.45, 2.75) is 19.8 Å². The predicted octanol–water partition coefficient (Wildman–Crippen LogP) is 1.15. The number of hydrogen-bond donors (Lipinski definition) is 2. The second-order valence-corrected chi connectivity index (χ2v) is 3.73. The molecule has 13 heavy (non-hydrogen) atoms. The fourth-order valence-electron chi connectivity index (χ4n) is 1.33. The molecule has 0 spiro atoms. The van der Waals surface area contributed by atoms with E-state index in [2.05, 4.69) is 5.32 Å². The highest BCUT2D eigenvalue weighted by molar-refractivity contribution is 7.71. The maximum Gasteiger partial charge on any atom is 0.204 e. The number of nitrogens with two attached hydrogens (primary N) is 1. The SMILES string of the molecule is CC(C)c1c(NCCN)c(=S)c1=O. The van der Waals surface area contributed by atoms with Gasteiger partial charge in [-0.25, -0.2) is 0 Å². The Kier molecular flexibility index (Phi) is 3.17. The van der Waals surface area contributed by atoms with E-state index in [1.807, 2.05) is 13.8 Å². The van der Waals surface area contributed by atoms with Gasteiger partial charge in [-0.15, -0.1) is 0 Å². The van der Waals surface area contributed by atoms with Crippen LogP contribution in [0.1, 0.15) is 25.3 Å². The van der Waals surface area contributed by atoms with E-state index in [1.165, 1.54) is 0 Å². The summed E-state index contributed by atoms with van der Waals surface area (Å²) in [5.41, 5.74) is 7.01. The van der Waals surface area contributed by atoms with Crippen molar-refractivity contribution in [3.8, 4) is 0 Å². The minimum Gasteiger partial charge on any atom is -0.382 e. The molecule has 0 bridgehead atoms. The quantitative estimate of drug-likeness (QED) is 0.712. The predicted molar refractivity (Wildman–Crippen MR) is 57.6 cm³/mol. The molecular weight excluding hydrogens is 184 g/mol. The van der Waals surface area contributed by atoms with Gasteiger partial charge >= 0.3 is 0 Å². The molecule has 0 aliphatic rings. The van der Waals surface area contributed by atoms with Gasteiger partial charge in [0.2, 0.25) is 5.43 Å². The fourth-order valence-corrected chi connectivity index (χ4v) is 1.62. The van der Waals surface area contributed by atoms with Gasteiger partial charge in [0.1, 0.15) is 4.51 Å². The largest absolute Gasteiger partial charge is 0.382 e. The Bertz CT molecular complexity index is 363. The number of rotatable bonds is 4. The van der Waals surface area contributed by atoms with E-state index in [0.717, 1.165) is 11.3 Å². The second kappa shape index (κ2) is 3.98. The van der Waals surface area contributed by atoms with Crippen molar-refractivity contribution in [3.63, 3.8) is 0 Å². The van der Waals surface area contributed by atoms with Gasteiger partial charge in [-0.3, -0.25) is 4.79 Å². The molecule has 0 aliphatic carbocycles. The van der Waals surface area contributed by atoms with Gasteiger partial charge in [0.05, 0.1) is 5.69 Å². The van der Waals surface area contributed by atoms with Crippen LogP contribution >= 0.6 is 12.2 Å². The molecule has 0 aliphatic heterocycles. The van der Waals surface area contributed by atoms with Crippen LogP contribution in [-0.2, 0) is 0 Å². The Morgan fingerprint density at radius 3 is 2.62 bits per heavy atom. The fraction of sp³-hybridized carbons (Fsp3) is 0.556. The first-order valence-electron chi connectivity index (χ1n) is 4.36. The van der Waals surface area contributed by atoms with Crippen LogP contribution in [0.4, 0.5) is 5.69 Å². The molecule has 0 heterocycles. The van der Waals surface area contributed by atoms with Crippen LogP contribution in [-0.4, -0.2) is 13.1 Å². The first-order chi connectivity index (χ1) is 6.09. The molecule has 0 radical (unpaired) electrons. The first-order valence-corrected chi connectivity index (χ1v) is 4.77. The molecule has 1 aromatic rings. The molecule has 0 unspecified atom stereocenters. The molecule has 1 aromatic carbocycles. The van der Waals surface area contributed by atoms with E-state index in [9.17, 15) is 4.79 Å². The topological polar surface area (TPSA) is 55.1 Å². The lowest BCUT2D eigenvalue weighted by Gasteiger charge is -2.16. The second-order valence-electron chi connectivity index (χ2n) is 3.32. The zero-order valence-electron chi connectivity index (χ0n) is 7.89. The highest BCUT2D eigenvalue weighted by Gasteiger charge is 2.19. The van der Waals surface area contributed by atoms with Crippen LogP contribution in [0.3, 0.4) is 0 Å². The maximum atomic E-state index is 11.3. The van der Waals surface area contributed by atoms with Crippen molar-refractivity contribution in [2.75, 3.05) is 18.4 Å². The van der Waals surface area contributed by atoms with Gasteiger partial charge in [-0.1, -0.05) is 26.1 Å². The van der Waals surface area contributed by atoms with E-state index >= 15 is 0 Å². The number of hydrogen-bond acceptors (Lipinski definition) is 4. The van der Waals surface area contributed by atoms with E-state index in [0.29, 0.717) is 17.6 Å². The normalized spacial score (nSPS) is 11.1. The summed E-state index contributed by atoms with van der Waals surface area (Å²) in [7, 11) is 0. The zero-order chi connectivity index (χ0) is 10.0. The van der Waals surface area contributed by atoms with Crippen molar-refractivity contribution < 1.29 is 0 Å². The van der Waals surface area contributed by atoms with Gasteiger partial charge < -0.3 is 11.1 Å². The molecule has 0 saturated carbocycles. The summed E-state index contributed by atoms with van der Waals surface area (Å²) >= 11 is 4.93. The molecule has 1 rings (SSSR count). The Hall–Kier alpha value is -0.740. The average molecular weight is 198 g/mol. The van der Waals surface area contributed by atoms with Crippen LogP contribution in [0, 0.1) is 4.51 Å². The standard InChI is InChI=1S/C9H14N2OS/c1-5(2)6-7(11-4-3-10)9(13)8(6)12/h5,11H,3-4,10H2,1-2H3. The third-order valence-corrected chi connectivity index (χ3v) is 2.36. The molecule has 3 N–H and O–H groups in total. The minimum atomic E-state index is 0.0181. The van der Waals surface area contributed by atoms with Gasteiger partial charge in [0.15, 0.2) is 0 Å². The summed E-state index contributed by atoms with van der Waals surface area (Å²) in [6, 6.07) is 0. The summed E-state index contributed by atoms with van der Waals surface area (Å²) in [6.07, 6.45) is 0. The lowest BCUT2D eigenvalue weighted by atomic mass is 9.96. The van der Waals surface area contributed by atoms with Crippen LogP contribution in [0.2, 0.25) is 0 Å². The highest BCUT2D eigenvalue weighted by Crippen LogP contribution is 2.24. The van der Waals surface area contributed by atoms with E-state index in [4.69, 9.17) is 18.0 Å². The summed E-state index contributed by atoms with van der Waals surface area (Å²) < 4.78 is 0.428. The molecule has 0 saturated heterocycles. The van der Waals surface area contributed by atoms with Gasteiger partial charge in [0, 0.05) is 18.7 Å². The zero-order valence-corrected chi connectivity index (χ0v) is 8.70. The summed E-state index contributed by atoms with van der Waals surface area (Å²) in [5.74, 6) is 0.236. The summed E-state index contributed by atoms with van der Waals surface area (Å²) in [5, 5.41) is 3.07. The number of anilines is 1. The Balaban J connectivity index is 2.89. The molecule has 3 nitrogen and oxygen atoms in total. The van der Waals surface area contributed by atoms with E-state index in [-0.39, 0.29) is 11.3 Å². The summed E-state index contributed by atoms with van der Waals surface area (Å²) in [4.78, 5) is 11.3.